The second kappa shape index (κ2) is 15.8. The summed E-state index contributed by atoms with van der Waals surface area (Å²) in [6, 6.07) is -4.00. The van der Waals surface area contributed by atoms with Gasteiger partial charge >= 0.3 is 5.97 Å². The van der Waals surface area contributed by atoms with E-state index in [0.717, 1.165) is 6.42 Å². The number of carbonyl (C=O) groups excluding carboxylic acids is 3. The van der Waals surface area contributed by atoms with Gasteiger partial charge in [0.15, 0.2) is 12.0 Å². The van der Waals surface area contributed by atoms with E-state index in [4.69, 9.17) is 17.2 Å². The van der Waals surface area contributed by atoms with Gasteiger partial charge in [-0.2, -0.15) is 0 Å². The number of carboxylic acid groups (broad SMARTS) is 1. The van der Waals surface area contributed by atoms with Gasteiger partial charge in [0.2, 0.25) is 17.7 Å². The molecule has 0 bridgehead atoms. The summed E-state index contributed by atoms with van der Waals surface area (Å²) >= 11 is 0. The van der Waals surface area contributed by atoms with Crippen molar-refractivity contribution in [3.05, 3.63) is 0 Å². The molecule has 0 aromatic rings. The number of carbonyl (C=O) groups is 4. The van der Waals surface area contributed by atoms with Crippen LogP contribution in [0, 0.1) is 0 Å². The molecule has 1 fully saturated rings. The number of carboxylic acids is 1. The third kappa shape index (κ3) is 11.3. The maximum absolute atomic E-state index is 13.1. The first kappa shape index (κ1) is 30.1. The van der Waals surface area contributed by atoms with Gasteiger partial charge in [0.05, 0.1) is 12.1 Å². The Morgan fingerprint density at radius 3 is 2.20 bits per heavy atom. The van der Waals surface area contributed by atoms with E-state index >= 15 is 0 Å². The minimum absolute atomic E-state index is 0.0899. The minimum Gasteiger partial charge on any atom is -0.480 e. The van der Waals surface area contributed by atoms with Crippen molar-refractivity contribution in [1.82, 2.24) is 21.3 Å². The number of guanidine groups is 1. The van der Waals surface area contributed by atoms with Crippen LogP contribution in [0.4, 0.5) is 0 Å². The fraction of sp³-hybridized carbons (Fsp3) is 0.762. The molecule has 14 heteroatoms. The van der Waals surface area contributed by atoms with Gasteiger partial charge in [-0.1, -0.05) is 0 Å². The van der Waals surface area contributed by atoms with E-state index in [-0.39, 0.29) is 31.3 Å². The molecule has 1 saturated heterocycles. The van der Waals surface area contributed by atoms with Crippen LogP contribution in [0.3, 0.4) is 0 Å². The molecule has 14 nitrogen and oxygen atoms in total. The highest BCUT2D eigenvalue weighted by Crippen LogP contribution is 2.09. The zero-order valence-corrected chi connectivity index (χ0v) is 20.2. The number of hydrogen-bond donors (Lipinski definition) is 9. The number of aliphatic hydroxyl groups excluding tert-OH is 1. The Morgan fingerprint density at radius 1 is 1.03 bits per heavy atom. The van der Waals surface area contributed by atoms with E-state index in [9.17, 15) is 29.4 Å². The molecule has 0 aromatic carbocycles. The van der Waals surface area contributed by atoms with Gasteiger partial charge in [0.1, 0.15) is 12.1 Å². The summed E-state index contributed by atoms with van der Waals surface area (Å²) in [6.45, 7) is 2.57. The molecule has 1 aliphatic rings. The van der Waals surface area contributed by atoms with Crippen LogP contribution < -0.4 is 38.5 Å². The van der Waals surface area contributed by atoms with E-state index in [1.54, 1.807) is 0 Å². The second-order valence-corrected chi connectivity index (χ2v) is 8.57. The predicted molar refractivity (Wildman–Crippen MR) is 129 cm³/mol. The Morgan fingerprint density at radius 2 is 1.66 bits per heavy atom. The summed E-state index contributed by atoms with van der Waals surface area (Å²) in [4.78, 5) is 53.8. The highest BCUT2D eigenvalue weighted by molar-refractivity contribution is 5.94. The molecule has 12 N–H and O–H groups in total. The van der Waals surface area contributed by atoms with Crippen molar-refractivity contribution >= 4 is 29.7 Å². The zero-order chi connectivity index (χ0) is 26.4. The maximum atomic E-state index is 13.1. The first-order valence-electron chi connectivity index (χ1n) is 11.9. The van der Waals surface area contributed by atoms with Crippen molar-refractivity contribution in [2.45, 2.75) is 82.1 Å². The van der Waals surface area contributed by atoms with Gasteiger partial charge in [-0.3, -0.25) is 19.4 Å². The van der Waals surface area contributed by atoms with Crippen molar-refractivity contribution < 1.29 is 29.4 Å². The monoisotopic (exact) mass is 500 g/mol. The van der Waals surface area contributed by atoms with Crippen molar-refractivity contribution in [2.75, 3.05) is 19.6 Å². The van der Waals surface area contributed by atoms with Gasteiger partial charge in [0, 0.05) is 6.54 Å². The van der Waals surface area contributed by atoms with Crippen LogP contribution >= 0.6 is 0 Å². The standard InChI is InChI=1S/C21H40N8O6/c1-12(30)16(20(34)35)29-19(33)14(6-2-3-9-22)28-18(32)15(8-5-11-26-21(23)24)27-17(31)13-7-4-10-25-13/h12-16,25,30H,2-11,22H2,1H3,(H,27,31)(H,28,32)(H,29,33)(H,34,35)(H4,23,24,26). The SMILES string of the molecule is CC(O)C(NC(=O)C(CCCCN)NC(=O)C(CCCN=C(N)N)NC(=O)C1CCCN1)C(=O)O. The molecule has 1 heterocycles. The Labute approximate surface area is 204 Å². The second-order valence-electron chi connectivity index (χ2n) is 8.57. The molecule has 0 radical (unpaired) electrons. The van der Waals surface area contributed by atoms with Crippen LogP contribution in [0.2, 0.25) is 0 Å². The number of nitrogens with zero attached hydrogens (tertiary/aromatic N) is 1. The van der Waals surface area contributed by atoms with E-state index < -0.39 is 48.1 Å². The molecule has 0 aliphatic carbocycles. The average molecular weight is 501 g/mol. The highest BCUT2D eigenvalue weighted by Gasteiger charge is 2.32. The number of hydrogen-bond acceptors (Lipinski definition) is 8. The number of nitrogens with two attached hydrogens (primary N) is 3. The van der Waals surface area contributed by atoms with Crippen LogP contribution in [0.15, 0.2) is 4.99 Å². The number of aliphatic hydroxyl groups is 1. The first-order valence-corrected chi connectivity index (χ1v) is 11.9. The molecule has 1 aliphatic heterocycles. The summed E-state index contributed by atoms with van der Waals surface area (Å²) in [7, 11) is 0. The summed E-state index contributed by atoms with van der Waals surface area (Å²) in [6.07, 6.45) is 2.02. The molecule has 0 saturated carbocycles. The van der Waals surface area contributed by atoms with E-state index in [1.807, 2.05) is 0 Å². The topological polar surface area (TPSA) is 247 Å². The lowest BCUT2D eigenvalue weighted by molar-refractivity contribution is -0.145. The van der Waals surface area contributed by atoms with Crippen molar-refractivity contribution in [2.24, 2.45) is 22.2 Å². The summed E-state index contributed by atoms with van der Waals surface area (Å²) in [5.41, 5.74) is 16.2. The van der Waals surface area contributed by atoms with Gasteiger partial charge in [-0.05, 0) is 65.0 Å². The van der Waals surface area contributed by atoms with Gasteiger partial charge < -0.3 is 48.7 Å². The molecule has 3 amide bonds. The molecule has 200 valence electrons. The average Bonchev–Trinajstić information content (AvgIpc) is 3.33. The van der Waals surface area contributed by atoms with Crippen LogP contribution in [0.5, 0.6) is 0 Å². The highest BCUT2D eigenvalue weighted by atomic mass is 16.4. The summed E-state index contributed by atoms with van der Waals surface area (Å²) in [5.74, 6) is -3.18. The molecule has 5 atom stereocenters. The van der Waals surface area contributed by atoms with Gasteiger partial charge in [-0.15, -0.1) is 0 Å². The van der Waals surface area contributed by atoms with E-state index in [1.165, 1.54) is 6.92 Å². The number of amides is 3. The third-order valence-electron chi connectivity index (χ3n) is 5.58. The quantitative estimate of drug-likeness (QED) is 0.0584. The zero-order valence-electron chi connectivity index (χ0n) is 20.2. The lowest BCUT2D eigenvalue weighted by atomic mass is 10.0. The lowest BCUT2D eigenvalue weighted by Gasteiger charge is -2.26. The Hall–Kier alpha value is -2.97. The number of rotatable bonds is 16. The largest absolute Gasteiger partial charge is 0.480 e. The summed E-state index contributed by atoms with van der Waals surface area (Å²) < 4.78 is 0. The van der Waals surface area contributed by atoms with Crippen molar-refractivity contribution in [3.63, 3.8) is 0 Å². The molecule has 0 aromatic heterocycles. The Kier molecular flexibility index (Phi) is 13.6. The summed E-state index contributed by atoms with van der Waals surface area (Å²) in [5, 5.41) is 29.6. The predicted octanol–water partition coefficient (Wildman–Crippen LogP) is -3.16. The minimum atomic E-state index is -1.54. The fourth-order valence-electron chi connectivity index (χ4n) is 3.63. The van der Waals surface area contributed by atoms with Crippen LogP contribution in [0.1, 0.15) is 51.9 Å². The van der Waals surface area contributed by atoms with Crippen LogP contribution in [-0.4, -0.2) is 89.8 Å². The van der Waals surface area contributed by atoms with Gasteiger partial charge in [-0.25, -0.2) is 4.79 Å². The van der Waals surface area contributed by atoms with E-state index in [0.29, 0.717) is 38.8 Å². The number of nitrogens with one attached hydrogen (secondary N) is 4. The van der Waals surface area contributed by atoms with Crippen molar-refractivity contribution in [1.29, 1.82) is 0 Å². The number of unbranched alkanes of at least 4 members (excludes halogenated alkanes) is 1. The van der Waals surface area contributed by atoms with Crippen LogP contribution in [-0.2, 0) is 19.2 Å². The number of aliphatic imine (C=N–C) groups is 1. The maximum Gasteiger partial charge on any atom is 0.328 e. The fourth-order valence-corrected chi connectivity index (χ4v) is 3.63. The molecular weight excluding hydrogens is 460 g/mol. The molecule has 0 spiro atoms. The van der Waals surface area contributed by atoms with Crippen LogP contribution in [0.25, 0.3) is 0 Å². The lowest BCUT2D eigenvalue weighted by Crippen LogP contribution is -2.58. The molecule has 35 heavy (non-hydrogen) atoms. The smallest absolute Gasteiger partial charge is 0.328 e. The number of aliphatic carboxylic acids is 1. The first-order chi connectivity index (χ1) is 16.6. The Balaban J connectivity index is 2.95. The molecular formula is C21H40N8O6. The van der Waals surface area contributed by atoms with Crippen molar-refractivity contribution in [3.8, 4) is 0 Å². The Bertz CT molecular complexity index is 737. The molecule has 5 unspecified atom stereocenters. The molecule has 1 rings (SSSR count). The normalized spacial score (nSPS) is 18.5. The van der Waals surface area contributed by atoms with Gasteiger partial charge in [0.25, 0.3) is 0 Å². The third-order valence-corrected chi connectivity index (χ3v) is 5.58. The van der Waals surface area contributed by atoms with E-state index in [2.05, 4.69) is 26.3 Å².